The van der Waals surface area contributed by atoms with Crippen LogP contribution >= 0.6 is 0 Å². The third-order valence-electron chi connectivity index (χ3n) is 6.12. The molecule has 2 aromatic carbocycles. The second-order valence-corrected chi connectivity index (χ2v) is 9.24. The van der Waals surface area contributed by atoms with Crippen LogP contribution in [-0.4, -0.2) is 17.4 Å². The highest BCUT2D eigenvalue weighted by Crippen LogP contribution is 2.21. The van der Waals surface area contributed by atoms with Crippen molar-refractivity contribution in [3.63, 3.8) is 0 Å². The molecule has 0 aliphatic heterocycles. The zero-order chi connectivity index (χ0) is 24.4. The van der Waals surface area contributed by atoms with E-state index in [0.717, 1.165) is 36.8 Å². The molecule has 0 heterocycles. The number of benzene rings is 2. The van der Waals surface area contributed by atoms with E-state index in [1.54, 1.807) is 12.1 Å². The Morgan fingerprint density at radius 2 is 1.09 bits per heavy atom. The summed E-state index contributed by atoms with van der Waals surface area (Å²) in [4.78, 5) is 11.8. The lowest BCUT2D eigenvalue weighted by atomic mass is 10.0. The molecule has 0 saturated carbocycles. The maximum atomic E-state index is 11.8. The number of unbranched alkanes of at least 4 members (excludes halogenated alkanes) is 10. The maximum Gasteiger partial charge on any atom is 0.387 e. The minimum Gasteiger partial charge on any atom is -0.476 e. The molecule has 0 unspecified atom stereocenters. The summed E-state index contributed by atoms with van der Waals surface area (Å²) >= 11 is 0. The van der Waals surface area contributed by atoms with E-state index in [1.807, 2.05) is 24.3 Å². The van der Waals surface area contributed by atoms with Crippen LogP contribution in [-0.2, 0) is 17.6 Å². The van der Waals surface area contributed by atoms with Gasteiger partial charge in [-0.1, -0.05) is 102 Å². The molecule has 0 aromatic heterocycles. The van der Waals surface area contributed by atoms with Crippen molar-refractivity contribution in [1.29, 1.82) is 0 Å². The number of ether oxygens (including phenoxy) is 2. The highest BCUT2D eigenvalue weighted by molar-refractivity contribution is 5.71. The topological polar surface area (TPSA) is 55.8 Å². The molecule has 0 atom stereocenters. The van der Waals surface area contributed by atoms with Gasteiger partial charge in [0.2, 0.25) is 0 Å². The van der Waals surface area contributed by atoms with Crippen LogP contribution in [0.5, 0.6) is 11.5 Å². The van der Waals surface area contributed by atoms with E-state index in [4.69, 9.17) is 9.47 Å². The third kappa shape index (κ3) is 11.6. The van der Waals surface area contributed by atoms with Gasteiger partial charge in [-0.15, -0.1) is 0 Å². The Morgan fingerprint density at radius 3 is 1.50 bits per heavy atom. The first-order valence-electron chi connectivity index (χ1n) is 13.4. The lowest BCUT2D eigenvalue weighted by molar-refractivity contribution is -0.158. The van der Waals surface area contributed by atoms with Crippen molar-refractivity contribution in [3.05, 3.63) is 59.7 Å². The van der Waals surface area contributed by atoms with Crippen molar-refractivity contribution in [3.8, 4) is 11.5 Å². The van der Waals surface area contributed by atoms with Crippen LogP contribution < -0.4 is 9.47 Å². The van der Waals surface area contributed by atoms with Gasteiger partial charge in [0.1, 0.15) is 11.5 Å². The summed E-state index contributed by atoms with van der Waals surface area (Å²) < 4.78 is 11.5. The van der Waals surface area contributed by atoms with E-state index in [9.17, 15) is 9.90 Å². The molecule has 0 radical (unpaired) electrons. The highest BCUT2D eigenvalue weighted by Gasteiger charge is 2.22. The smallest absolute Gasteiger partial charge is 0.387 e. The number of hydrogen-bond acceptors (Lipinski definition) is 3. The lowest BCUT2D eigenvalue weighted by Gasteiger charge is -2.18. The SMILES string of the molecule is CCCCCCCCc1cccc(OC(Oc2cccc(CCCCCCCC)c2)C(=O)O)c1. The second kappa shape index (κ2) is 17.0. The minimum atomic E-state index is -1.38. The Morgan fingerprint density at radius 1 is 0.676 bits per heavy atom. The molecule has 2 aromatic rings. The van der Waals surface area contributed by atoms with Gasteiger partial charge in [-0.2, -0.15) is 0 Å². The second-order valence-electron chi connectivity index (χ2n) is 9.24. The van der Waals surface area contributed by atoms with Gasteiger partial charge >= 0.3 is 12.3 Å². The van der Waals surface area contributed by atoms with Gasteiger partial charge in [0.25, 0.3) is 0 Å². The Labute approximate surface area is 206 Å². The summed E-state index contributed by atoms with van der Waals surface area (Å²) in [5.74, 6) is -0.0825. The number of aryl methyl sites for hydroxylation is 2. The van der Waals surface area contributed by atoms with Gasteiger partial charge < -0.3 is 14.6 Å². The predicted octanol–water partition coefficient (Wildman–Crippen LogP) is 8.36. The summed E-state index contributed by atoms with van der Waals surface area (Å²) in [5, 5.41) is 9.67. The average molecular weight is 469 g/mol. The van der Waals surface area contributed by atoms with Crippen LogP contribution in [0.1, 0.15) is 102 Å². The molecule has 0 bridgehead atoms. The summed E-state index contributed by atoms with van der Waals surface area (Å²) in [6.45, 7) is 4.46. The van der Waals surface area contributed by atoms with E-state index in [-0.39, 0.29) is 0 Å². The molecular weight excluding hydrogens is 424 g/mol. The molecule has 0 amide bonds. The molecule has 4 nitrogen and oxygen atoms in total. The van der Waals surface area contributed by atoms with E-state index in [2.05, 4.69) is 26.0 Å². The lowest BCUT2D eigenvalue weighted by Crippen LogP contribution is -2.33. The number of rotatable bonds is 19. The fourth-order valence-electron chi connectivity index (χ4n) is 4.14. The van der Waals surface area contributed by atoms with Crippen LogP contribution in [0.4, 0.5) is 0 Å². The van der Waals surface area contributed by atoms with Crippen LogP contribution in [0.3, 0.4) is 0 Å². The van der Waals surface area contributed by atoms with E-state index < -0.39 is 12.3 Å². The van der Waals surface area contributed by atoms with Crippen molar-refractivity contribution in [2.75, 3.05) is 0 Å². The third-order valence-corrected chi connectivity index (χ3v) is 6.12. The number of carboxylic acids is 1. The molecule has 0 spiro atoms. The van der Waals surface area contributed by atoms with Crippen molar-refractivity contribution in [2.24, 2.45) is 0 Å². The first kappa shape index (κ1) is 27.8. The normalized spacial score (nSPS) is 11.0. The van der Waals surface area contributed by atoms with Crippen LogP contribution in [0.15, 0.2) is 48.5 Å². The number of carbonyl (C=O) groups is 1. The quantitative estimate of drug-likeness (QED) is 0.166. The highest BCUT2D eigenvalue weighted by atomic mass is 16.7. The Kier molecular flexibility index (Phi) is 13.9. The summed E-state index contributed by atoms with van der Waals surface area (Å²) in [6, 6.07) is 15.4. The molecule has 2 rings (SSSR count). The molecule has 34 heavy (non-hydrogen) atoms. The van der Waals surface area contributed by atoms with Crippen LogP contribution in [0.2, 0.25) is 0 Å². The maximum absolute atomic E-state index is 11.8. The summed E-state index contributed by atoms with van der Waals surface area (Å²) in [5.41, 5.74) is 2.33. The monoisotopic (exact) mass is 468 g/mol. The molecule has 0 aliphatic carbocycles. The van der Waals surface area contributed by atoms with Gasteiger partial charge in [-0.25, -0.2) is 4.79 Å². The average Bonchev–Trinajstić information content (AvgIpc) is 2.83. The van der Waals surface area contributed by atoms with E-state index in [1.165, 1.54) is 64.2 Å². The van der Waals surface area contributed by atoms with Gasteiger partial charge in [-0.05, 0) is 61.1 Å². The van der Waals surface area contributed by atoms with Crippen LogP contribution in [0, 0.1) is 0 Å². The summed E-state index contributed by atoms with van der Waals surface area (Å²) in [7, 11) is 0. The predicted molar refractivity (Wildman–Crippen MR) is 140 cm³/mol. The Bertz CT molecular complexity index is 755. The Balaban J connectivity index is 1.85. The van der Waals surface area contributed by atoms with Crippen molar-refractivity contribution in [1.82, 2.24) is 0 Å². The van der Waals surface area contributed by atoms with Crippen molar-refractivity contribution in [2.45, 2.75) is 110 Å². The minimum absolute atomic E-state index is 0.527. The van der Waals surface area contributed by atoms with Gasteiger partial charge in [0.15, 0.2) is 0 Å². The zero-order valence-electron chi connectivity index (χ0n) is 21.3. The fraction of sp³-hybridized carbons (Fsp3) is 0.567. The van der Waals surface area contributed by atoms with Crippen molar-refractivity contribution < 1.29 is 19.4 Å². The molecule has 188 valence electrons. The fourth-order valence-corrected chi connectivity index (χ4v) is 4.14. The molecular formula is C30H44O4. The molecule has 0 fully saturated rings. The molecule has 4 heteroatoms. The molecule has 0 saturated heterocycles. The first-order valence-corrected chi connectivity index (χ1v) is 13.4. The number of hydrogen-bond donors (Lipinski definition) is 1. The molecule has 0 aliphatic rings. The van der Waals surface area contributed by atoms with Gasteiger partial charge in [0, 0.05) is 0 Å². The number of aliphatic carboxylic acids is 1. The van der Waals surface area contributed by atoms with Crippen molar-refractivity contribution >= 4 is 5.97 Å². The van der Waals surface area contributed by atoms with E-state index in [0.29, 0.717) is 11.5 Å². The standard InChI is InChI=1S/C30H44O4/c1-3-5-7-9-11-13-17-25-19-15-21-27(23-25)33-30(29(31)32)34-28-22-16-20-26(24-28)18-14-12-10-8-6-4-2/h15-16,19-24,30H,3-14,17-18H2,1-2H3,(H,31,32). The first-order chi connectivity index (χ1) is 16.6. The zero-order valence-corrected chi connectivity index (χ0v) is 21.3. The van der Waals surface area contributed by atoms with Crippen LogP contribution in [0.25, 0.3) is 0 Å². The van der Waals surface area contributed by atoms with Gasteiger partial charge in [-0.3, -0.25) is 0 Å². The van der Waals surface area contributed by atoms with E-state index >= 15 is 0 Å². The summed E-state index contributed by atoms with van der Waals surface area (Å²) in [6.07, 6.45) is 15.6. The largest absolute Gasteiger partial charge is 0.476 e. The van der Waals surface area contributed by atoms with Gasteiger partial charge in [0.05, 0.1) is 0 Å². The Hall–Kier alpha value is -2.49. The molecule has 1 N–H and O–H groups in total. The number of carboxylic acid groups (broad SMARTS) is 1.